The highest BCUT2D eigenvalue weighted by molar-refractivity contribution is 6.36. The Morgan fingerprint density at radius 1 is 1.15 bits per heavy atom. The first kappa shape index (κ1) is 21.3. The Hall–Kier alpha value is -1.05. The summed E-state index contributed by atoms with van der Waals surface area (Å²) in [6, 6.07) is 4.93. The van der Waals surface area contributed by atoms with Crippen LogP contribution in [0.1, 0.15) is 16.8 Å². The smallest absolute Gasteiger partial charge is 0.255 e. The molecule has 144 valence electrons. The van der Waals surface area contributed by atoms with Crippen molar-refractivity contribution in [3.8, 4) is 0 Å². The highest BCUT2D eigenvalue weighted by Gasteiger charge is 2.27. The minimum Gasteiger partial charge on any atom is -0.378 e. The molecule has 2 aliphatic heterocycles. The van der Waals surface area contributed by atoms with Gasteiger partial charge < -0.3 is 19.9 Å². The zero-order valence-electron chi connectivity index (χ0n) is 14.2. The van der Waals surface area contributed by atoms with Crippen molar-refractivity contribution in [1.82, 2.24) is 15.1 Å². The molecule has 1 aromatic carbocycles. The molecule has 2 saturated heterocycles. The van der Waals surface area contributed by atoms with Crippen LogP contribution in [0, 0.1) is 0 Å². The summed E-state index contributed by atoms with van der Waals surface area (Å²) in [6.07, 6.45) is 0.428. The molecule has 3 rings (SSSR count). The van der Waals surface area contributed by atoms with Gasteiger partial charge in [0.05, 0.1) is 23.8 Å². The maximum Gasteiger partial charge on any atom is 0.255 e. The normalized spacial score (nSPS) is 20.5. The molecule has 2 fully saturated rings. The summed E-state index contributed by atoms with van der Waals surface area (Å²) in [5, 5.41) is 4.13. The van der Waals surface area contributed by atoms with Crippen LogP contribution in [-0.4, -0.2) is 73.6 Å². The van der Waals surface area contributed by atoms with E-state index in [9.17, 15) is 9.59 Å². The molecule has 1 aromatic rings. The number of benzene rings is 1. The van der Waals surface area contributed by atoms with Crippen molar-refractivity contribution in [2.75, 3.05) is 45.9 Å². The summed E-state index contributed by atoms with van der Waals surface area (Å²) in [5.74, 6) is -0.0317. The standard InChI is InChI=1S/C17H21Cl2N3O3.ClH/c18-12-1-2-14(15(19)9-12)17(24)22-6-4-21(5-7-22)16(23)10-13-11-25-8-3-20-13;/h1-2,9,13,20H,3-8,10-11H2;1H. The molecular formula is C17H22Cl3N3O3. The van der Waals surface area contributed by atoms with E-state index >= 15 is 0 Å². The van der Waals surface area contributed by atoms with Gasteiger partial charge in [-0.1, -0.05) is 23.2 Å². The fraction of sp³-hybridized carbons (Fsp3) is 0.529. The van der Waals surface area contributed by atoms with Gasteiger partial charge >= 0.3 is 0 Å². The molecule has 26 heavy (non-hydrogen) atoms. The lowest BCUT2D eigenvalue weighted by Gasteiger charge is -2.36. The van der Waals surface area contributed by atoms with Crippen molar-refractivity contribution >= 4 is 47.4 Å². The lowest BCUT2D eigenvalue weighted by molar-refractivity contribution is -0.133. The fourth-order valence-electron chi connectivity index (χ4n) is 3.08. The predicted octanol–water partition coefficient (Wildman–Crippen LogP) is 2.08. The number of rotatable bonds is 3. The Labute approximate surface area is 169 Å². The number of nitrogens with zero attached hydrogens (tertiary/aromatic N) is 2. The van der Waals surface area contributed by atoms with Crippen molar-refractivity contribution < 1.29 is 14.3 Å². The van der Waals surface area contributed by atoms with Crippen molar-refractivity contribution in [3.63, 3.8) is 0 Å². The number of hydrogen-bond acceptors (Lipinski definition) is 4. The zero-order valence-corrected chi connectivity index (χ0v) is 16.6. The summed E-state index contributed by atoms with van der Waals surface area (Å²) in [7, 11) is 0. The van der Waals surface area contributed by atoms with Crippen molar-refractivity contribution in [3.05, 3.63) is 33.8 Å². The Bertz CT molecular complexity index is 645. The molecule has 9 heteroatoms. The number of hydrogen-bond donors (Lipinski definition) is 1. The van der Waals surface area contributed by atoms with E-state index in [0.717, 1.165) is 6.54 Å². The number of amides is 2. The second-order valence-corrected chi connectivity index (χ2v) is 7.07. The van der Waals surface area contributed by atoms with Gasteiger partial charge in [-0.3, -0.25) is 9.59 Å². The van der Waals surface area contributed by atoms with Gasteiger partial charge in [-0.15, -0.1) is 12.4 Å². The number of carbonyl (C=O) groups excluding carboxylic acids is 2. The van der Waals surface area contributed by atoms with E-state index in [4.69, 9.17) is 27.9 Å². The lowest BCUT2D eigenvalue weighted by atomic mass is 10.1. The molecule has 1 N–H and O–H groups in total. The van der Waals surface area contributed by atoms with Gasteiger partial charge in [-0.25, -0.2) is 0 Å². The molecule has 0 aromatic heterocycles. The van der Waals surface area contributed by atoms with E-state index in [2.05, 4.69) is 5.32 Å². The average molecular weight is 423 g/mol. The van der Waals surface area contributed by atoms with Gasteiger partial charge in [-0.2, -0.15) is 0 Å². The van der Waals surface area contributed by atoms with E-state index in [1.807, 2.05) is 4.90 Å². The maximum atomic E-state index is 12.6. The first-order valence-electron chi connectivity index (χ1n) is 8.38. The monoisotopic (exact) mass is 421 g/mol. The number of halogens is 3. The SMILES string of the molecule is Cl.O=C(CC1COCCN1)N1CCN(C(=O)c2ccc(Cl)cc2Cl)CC1. The van der Waals surface area contributed by atoms with Gasteiger partial charge in [0, 0.05) is 50.2 Å². The van der Waals surface area contributed by atoms with E-state index in [0.29, 0.717) is 61.4 Å². The van der Waals surface area contributed by atoms with Gasteiger partial charge in [-0.05, 0) is 18.2 Å². The number of ether oxygens (including phenoxy) is 1. The van der Waals surface area contributed by atoms with Crippen LogP contribution in [0.25, 0.3) is 0 Å². The number of nitrogens with one attached hydrogen (secondary N) is 1. The first-order valence-corrected chi connectivity index (χ1v) is 9.13. The van der Waals surface area contributed by atoms with Crippen LogP contribution in [0.5, 0.6) is 0 Å². The van der Waals surface area contributed by atoms with Crippen molar-refractivity contribution in [2.24, 2.45) is 0 Å². The highest BCUT2D eigenvalue weighted by Crippen LogP contribution is 2.23. The first-order chi connectivity index (χ1) is 12.0. The van der Waals surface area contributed by atoms with Crippen LogP contribution in [0.4, 0.5) is 0 Å². The van der Waals surface area contributed by atoms with Crippen LogP contribution in [-0.2, 0) is 9.53 Å². The molecule has 0 radical (unpaired) electrons. The third kappa shape index (κ3) is 5.24. The molecular weight excluding hydrogens is 401 g/mol. The molecule has 1 unspecified atom stereocenters. The molecule has 2 aliphatic rings. The minimum absolute atomic E-state index is 0. The van der Waals surface area contributed by atoms with Crippen molar-refractivity contribution in [1.29, 1.82) is 0 Å². The molecule has 2 heterocycles. The Balaban J connectivity index is 0.00000243. The molecule has 2 amide bonds. The molecule has 0 saturated carbocycles. The number of piperazine rings is 1. The second-order valence-electron chi connectivity index (χ2n) is 6.23. The third-order valence-electron chi connectivity index (χ3n) is 4.50. The van der Waals surface area contributed by atoms with Gasteiger partial charge in [0.25, 0.3) is 5.91 Å². The zero-order chi connectivity index (χ0) is 17.8. The largest absolute Gasteiger partial charge is 0.378 e. The topological polar surface area (TPSA) is 61.9 Å². The van der Waals surface area contributed by atoms with Gasteiger partial charge in [0.15, 0.2) is 0 Å². The van der Waals surface area contributed by atoms with Crippen LogP contribution in [0.3, 0.4) is 0 Å². The van der Waals surface area contributed by atoms with Crippen LogP contribution >= 0.6 is 35.6 Å². The van der Waals surface area contributed by atoms with Crippen molar-refractivity contribution in [2.45, 2.75) is 12.5 Å². The summed E-state index contributed by atoms with van der Waals surface area (Å²) in [6.45, 7) is 4.10. The predicted molar refractivity (Wildman–Crippen MR) is 103 cm³/mol. The highest BCUT2D eigenvalue weighted by atomic mass is 35.5. The van der Waals surface area contributed by atoms with Gasteiger partial charge in [0.2, 0.25) is 5.91 Å². The maximum absolute atomic E-state index is 12.6. The Kier molecular flexibility index (Phi) is 7.98. The molecule has 0 spiro atoms. The van der Waals surface area contributed by atoms with Crippen LogP contribution < -0.4 is 5.32 Å². The summed E-state index contributed by atoms with van der Waals surface area (Å²) < 4.78 is 5.38. The fourth-order valence-corrected chi connectivity index (χ4v) is 3.57. The van der Waals surface area contributed by atoms with Gasteiger partial charge in [0.1, 0.15) is 0 Å². The lowest BCUT2D eigenvalue weighted by Crippen LogP contribution is -2.52. The van der Waals surface area contributed by atoms with E-state index in [-0.39, 0.29) is 30.3 Å². The molecule has 6 nitrogen and oxygen atoms in total. The molecule has 0 aliphatic carbocycles. The quantitative estimate of drug-likeness (QED) is 0.810. The Morgan fingerprint density at radius 3 is 2.46 bits per heavy atom. The summed E-state index contributed by atoms with van der Waals surface area (Å²) in [5.41, 5.74) is 0.439. The number of morpholine rings is 1. The van der Waals surface area contributed by atoms with Crippen LogP contribution in [0.15, 0.2) is 18.2 Å². The average Bonchev–Trinajstić information content (AvgIpc) is 2.62. The molecule has 1 atom stereocenters. The van der Waals surface area contributed by atoms with E-state index in [1.54, 1.807) is 23.1 Å². The number of carbonyl (C=O) groups is 2. The minimum atomic E-state index is -0.129. The Morgan fingerprint density at radius 2 is 1.85 bits per heavy atom. The summed E-state index contributed by atoms with van der Waals surface area (Å²) in [4.78, 5) is 28.5. The summed E-state index contributed by atoms with van der Waals surface area (Å²) >= 11 is 12.0. The van der Waals surface area contributed by atoms with E-state index in [1.165, 1.54) is 0 Å². The second kappa shape index (κ2) is 9.76. The van der Waals surface area contributed by atoms with E-state index < -0.39 is 0 Å². The van der Waals surface area contributed by atoms with Crippen LogP contribution in [0.2, 0.25) is 10.0 Å². The molecule has 0 bridgehead atoms. The third-order valence-corrected chi connectivity index (χ3v) is 5.05.